The summed E-state index contributed by atoms with van der Waals surface area (Å²) in [6.07, 6.45) is -0.561. The van der Waals surface area contributed by atoms with E-state index in [2.05, 4.69) is 21.9 Å². The third-order valence-corrected chi connectivity index (χ3v) is 6.36. The van der Waals surface area contributed by atoms with Gasteiger partial charge in [0.2, 0.25) is 5.91 Å². The number of aromatic nitrogens is 2. The largest absolute Gasteiger partial charge is 0.417 e. The molecule has 11 heteroatoms. The number of nitrogens with zero attached hydrogens (tertiary/aromatic N) is 3. The molecule has 1 fully saturated rings. The molecule has 0 unspecified atom stereocenters. The molecule has 1 saturated heterocycles. The number of amides is 3. The number of hydrogen-bond acceptors (Lipinski definition) is 5. The Labute approximate surface area is 203 Å². The number of benzene rings is 1. The second-order valence-electron chi connectivity index (χ2n) is 8.38. The summed E-state index contributed by atoms with van der Waals surface area (Å²) in [5, 5.41) is 2.65. The minimum atomic E-state index is -4.77. The number of hydrogen-bond donors (Lipinski definition) is 2. The minimum absolute atomic E-state index is 0.150. The lowest BCUT2D eigenvalue weighted by Gasteiger charge is -2.36. The number of anilines is 1. The zero-order valence-electron chi connectivity index (χ0n) is 18.9. The summed E-state index contributed by atoms with van der Waals surface area (Å²) < 4.78 is 42.2. The van der Waals surface area contributed by atoms with Crippen LogP contribution in [-0.2, 0) is 20.6 Å². The molecule has 36 heavy (non-hydrogen) atoms. The maximum absolute atomic E-state index is 14.1. The monoisotopic (exact) mass is 495 g/mol. The Hall–Kier alpha value is -4.41. The molecule has 2 N–H and O–H groups in total. The topological polar surface area (TPSA) is 98.4 Å². The van der Waals surface area contributed by atoms with E-state index in [0.29, 0.717) is 42.9 Å². The van der Waals surface area contributed by atoms with E-state index in [1.165, 1.54) is 30.6 Å². The molecule has 8 nitrogen and oxygen atoms in total. The van der Waals surface area contributed by atoms with Crippen LogP contribution in [0.25, 0.3) is 22.2 Å². The van der Waals surface area contributed by atoms with Crippen LogP contribution < -0.4 is 10.2 Å². The van der Waals surface area contributed by atoms with Gasteiger partial charge in [-0.1, -0.05) is 6.58 Å². The van der Waals surface area contributed by atoms with Crippen LogP contribution in [0.3, 0.4) is 0 Å². The van der Waals surface area contributed by atoms with Gasteiger partial charge in [-0.2, -0.15) is 13.2 Å². The first-order valence-corrected chi connectivity index (χ1v) is 11.1. The number of halogens is 3. The smallest absolute Gasteiger partial charge is 0.368 e. The molecule has 0 atom stereocenters. The Balaban J connectivity index is 1.64. The number of carbonyl (C=O) groups is 3. The molecule has 1 aromatic carbocycles. The maximum Gasteiger partial charge on any atom is 0.417 e. The summed E-state index contributed by atoms with van der Waals surface area (Å²) >= 11 is 0. The third kappa shape index (κ3) is 3.92. The molecule has 3 aromatic rings. The fraction of sp³-hybridized carbons (Fsp3) is 0.200. The number of alkyl halides is 3. The number of aromatic amines is 1. The van der Waals surface area contributed by atoms with Crippen molar-refractivity contribution >= 4 is 45.6 Å². The van der Waals surface area contributed by atoms with Crippen LogP contribution in [0.4, 0.5) is 18.9 Å². The number of carbonyl (C=O) groups excluding carboxylic acids is 3. The molecule has 0 bridgehead atoms. The van der Waals surface area contributed by atoms with E-state index in [-0.39, 0.29) is 28.2 Å². The fourth-order valence-electron chi connectivity index (χ4n) is 4.63. The summed E-state index contributed by atoms with van der Waals surface area (Å²) in [6, 6.07) is 6.84. The zero-order chi connectivity index (χ0) is 25.6. The number of piperazine rings is 1. The molecule has 0 spiro atoms. The Morgan fingerprint density at radius 3 is 2.39 bits per heavy atom. The highest BCUT2D eigenvalue weighted by molar-refractivity contribution is 6.50. The summed E-state index contributed by atoms with van der Waals surface area (Å²) in [7, 11) is 0. The van der Waals surface area contributed by atoms with Crippen molar-refractivity contribution in [3.63, 3.8) is 0 Å². The summed E-state index contributed by atoms with van der Waals surface area (Å²) in [5.74, 6) is -1.90. The van der Waals surface area contributed by atoms with Gasteiger partial charge in [0.15, 0.2) is 0 Å². The maximum atomic E-state index is 14.1. The third-order valence-electron chi connectivity index (χ3n) is 6.36. The molecule has 2 aliphatic heterocycles. The lowest BCUT2D eigenvalue weighted by Crippen LogP contribution is -2.48. The van der Waals surface area contributed by atoms with Gasteiger partial charge >= 0.3 is 6.18 Å². The molecule has 3 amide bonds. The lowest BCUT2D eigenvalue weighted by atomic mass is 9.92. The second kappa shape index (κ2) is 8.67. The Kier molecular flexibility index (Phi) is 5.62. The highest BCUT2D eigenvalue weighted by Gasteiger charge is 2.40. The van der Waals surface area contributed by atoms with Crippen molar-refractivity contribution in [1.29, 1.82) is 0 Å². The zero-order valence-corrected chi connectivity index (χ0v) is 18.9. The van der Waals surface area contributed by atoms with Crippen LogP contribution in [0.2, 0.25) is 0 Å². The van der Waals surface area contributed by atoms with E-state index in [9.17, 15) is 27.6 Å². The minimum Gasteiger partial charge on any atom is -0.368 e. The normalized spacial score (nSPS) is 16.6. The number of imide groups is 1. The van der Waals surface area contributed by atoms with Crippen molar-refractivity contribution in [1.82, 2.24) is 20.2 Å². The van der Waals surface area contributed by atoms with E-state index >= 15 is 0 Å². The van der Waals surface area contributed by atoms with Crippen LogP contribution in [0.5, 0.6) is 0 Å². The Bertz CT molecular complexity index is 1450. The number of fused-ring (bicyclic) bond motifs is 1. The Morgan fingerprint density at radius 1 is 1.03 bits per heavy atom. The molecule has 2 aliphatic rings. The van der Waals surface area contributed by atoms with Crippen LogP contribution in [0.15, 0.2) is 55.4 Å². The van der Waals surface area contributed by atoms with Crippen LogP contribution in [0, 0.1) is 0 Å². The number of rotatable bonds is 4. The number of nitrogens with one attached hydrogen (secondary N) is 2. The number of pyridine rings is 1. The van der Waals surface area contributed by atoms with Crippen LogP contribution in [-0.4, -0.2) is 58.8 Å². The summed E-state index contributed by atoms with van der Waals surface area (Å²) in [5.41, 5.74) is -0.746. The standard InChI is InChI=1S/C25H20F3N5O3/c1-2-19(34)33-10-8-32(9-11-33)14-5-6-18(25(26,27)28)16(12-14)20-21(24(36)31-23(20)35)17-13-30-22-15(17)4-3-7-29-22/h2-7,12-13H,1,8-11H2,(H,29,30)(H,31,35,36). The molecule has 5 rings (SSSR count). The highest BCUT2D eigenvalue weighted by atomic mass is 19.4. The predicted octanol–water partition coefficient (Wildman–Crippen LogP) is 2.98. The first-order valence-electron chi connectivity index (χ1n) is 11.1. The van der Waals surface area contributed by atoms with E-state index in [1.807, 2.05) is 4.90 Å². The van der Waals surface area contributed by atoms with Crippen molar-refractivity contribution in [3.05, 3.63) is 72.1 Å². The van der Waals surface area contributed by atoms with Gasteiger partial charge < -0.3 is 14.8 Å². The molecular weight excluding hydrogens is 475 g/mol. The molecule has 0 radical (unpaired) electrons. The first kappa shape index (κ1) is 23.3. The lowest BCUT2D eigenvalue weighted by molar-refractivity contribution is -0.137. The van der Waals surface area contributed by atoms with Gasteiger partial charge in [0.1, 0.15) is 5.65 Å². The van der Waals surface area contributed by atoms with Gasteiger partial charge in [0, 0.05) is 60.8 Å². The molecule has 2 aromatic heterocycles. The summed E-state index contributed by atoms with van der Waals surface area (Å²) in [4.78, 5) is 48.1. The van der Waals surface area contributed by atoms with Crippen LogP contribution in [0.1, 0.15) is 16.7 Å². The summed E-state index contributed by atoms with van der Waals surface area (Å²) in [6.45, 7) is 4.99. The van der Waals surface area contributed by atoms with Gasteiger partial charge in [-0.3, -0.25) is 19.7 Å². The molecular formula is C25H20F3N5O3. The van der Waals surface area contributed by atoms with Crippen molar-refractivity contribution < 1.29 is 27.6 Å². The number of H-pyrrole nitrogens is 1. The van der Waals surface area contributed by atoms with Gasteiger partial charge in [-0.25, -0.2) is 4.98 Å². The molecule has 184 valence electrons. The molecule has 4 heterocycles. The van der Waals surface area contributed by atoms with Gasteiger partial charge in [-0.15, -0.1) is 0 Å². The molecule has 0 aliphatic carbocycles. The van der Waals surface area contributed by atoms with Gasteiger partial charge in [0.25, 0.3) is 11.8 Å². The Morgan fingerprint density at radius 2 is 1.72 bits per heavy atom. The van der Waals surface area contributed by atoms with E-state index in [0.717, 1.165) is 6.07 Å². The van der Waals surface area contributed by atoms with Crippen molar-refractivity contribution in [2.24, 2.45) is 0 Å². The second-order valence-corrected chi connectivity index (χ2v) is 8.38. The fourth-order valence-corrected chi connectivity index (χ4v) is 4.63. The van der Waals surface area contributed by atoms with Gasteiger partial charge in [-0.05, 0) is 36.4 Å². The first-order chi connectivity index (χ1) is 17.2. The van der Waals surface area contributed by atoms with Crippen molar-refractivity contribution in [2.45, 2.75) is 6.18 Å². The van der Waals surface area contributed by atoms with Crippen molar-refractivity contribution in [3.8, 4) is 0 Å². The average Bonchev–Trinajstić information content (AvgIpc) is 3.42. The van der Waals surface area contributed by atoms with E-state index in [4.69, 9.17) is 0 Å². The van der Waals surface area contributed by atoms with Crippen LogP contribution >= 0.6 is 0 Å². The van der Waals surface area contributed by atoms with Gasteiger partial charge in [0.05, 0.1) is 16.7 Å². The van der Waals surface area contributed by atoms with E-state index < -0.39 is 23.6 Å². The SMILES string of the molecule is C=CC(=O)N1CCN(c2ccc(C(F)(F)F)c(C3=C(c4c[nH]c5ncccc45)C(=O)NC3=O)c2)CC1. The molecule has 0 saturated carbocycles. The van der Waals surface area contributed by atoms with Crippen molar-refractivity contribution in [2.75, 3.05) is 31.1 Å². The average molecular weight is 495 g/mol. The highest BCUT2D eigenvalue weighted by Crippen LogP contribution is 2.42. The van der Waals surface area contributed by atoms with E-state index in [1.54, 1.807) is 17.0 Å². The quantitative estimate of drug-likeness (QED) is 0.429. The predicted molar refractivity (Wildman–Crippen MR) is 126 cm³/mol.